The van der Waals surface area contributed by atoms with Crippen LogP contribution in [0.1, 0.15) is 12.8 Å². The van der Waals surface area contributed by atoms with Crippen molar-refractivity contribution in [2.45, 2.75) is 17.9 Å². The van der Waals surface area contributed by atoms with E-state index in [0.29, 0.717) is 18.8 Å². The van der Waals surface area contributed by atoms with Gasteiger partial charge in [0.05, 0.1) is 17.2 Å². The third-order valence-corrected chi connectivity index (χ3v) is 5.01. The van der Waals surface area contributed by atoms with Gasteiger partial charge in [-0.05, 0) is 18.9 Å². The Hall–Kier alpha value is -2.15. The number of likely N-dealkylation sites (tertiary alicyclic amines) is 1. The number of carbonyl (C=O) groups excluding carboxylic acids is 2. The summed E-state index contributed by atoms with van der Waals surface area (Å²) in [6, 6.07) is 7.73. The summed E-state index contributed by atoms with van der Waals surface area (Å²) in [5, 5.41) is 1.74. The van der Waals surface area contributed by atoms with Crippen molar-refractivity contribution in [3.05, 3.63) is 30.6 Å². The zero-order chi connectivity index (χ0) is 16.2. The van der Waals surface area contributed by atoms with Gasteiger partial charge in [-0.25, -0.2) is 9.97 Å². The van der Waals surface area contributed by atoms with Crippen molar-refractivity contribution in [1.82, 2.24) is 14.9 Å². The maximum atomic E-state index is 12.4. The second-order valence-corrected chi connectivity index (χ2v) is 6.53. The number of amides is 2. The second kappa shape index (κ2) is 6.95. The number of carbonyl (C=O) groups is 2. The lowest BCUT2D eigenvalue weighted by Gasteiger charge is -2.31. The molecular formula is C16H18N4O2S. The molecule has 2 heterocycles. The second-order valence-electron chi connectivity index (χ2n) is 5.57. The smallest absolute Gasteiger partial charge is 0.233 e. The number of aromatic nitrogens is 2. The van der Waals surface area contributed by atoms with Crippen molar-refractivity contribution < 1.29 is 9.59 Å². The number of piperidine rings is 1. The quantitative estimate of drug-likeness (QED) is 0.677. The van der Waals surface area contributed by atoms with E-state index in [1.807, 2.05) is 24.3 Å². The van der Waals surface area contributed by atoms with Gasteiger partial charge in [-0.3, -0.25) is 9.59 Å². The van der Waals surface area contributed by atoms with Crippen LogP contribution in [0.5, 0.6) is 0 Å². The molecule has 2 N–H and O–H groups in total. The van der Waals surface area contributed by atoms with Crippen LogP contribution in [0.25, 0.3) is 10.9 Å². The molecule has 0 unspecified atom stereocenters. The molecule has 1 atom stereocenters. The van der Waals surface area contributed by atoms with Gasteiger partial charge in [0.2, 0.25) is 11.8 Å². The average molecular weight is 330 g/mol. The molecule has 7 heteroatoms. The summed E-state index contributed by atoms with van der Waals surface area (Å²) < 4.78 is 0. The first-order chi connectivity index (χ1) is 11.1. The Morgan fingerprint density at radius 2 is 2.13 bits per heavy atom. The maximum Gasteiger partial charge on any atom is 0.233 e. The summed E-state index contributed by atoms with van der Waals surface area (Å²) in [5.41, 5.74) is 6.22. The first-order valence-corrected chi connectivity index (χ1v) is 8.53. The number of primary amides is 1. The summed E-state index contributed by atoms with van der Waals surface area (Å²) in [6.45, 7) is 1.12. The SMILES string of the molecule is NC(=O)[C@H]1CCCN(C(=O)CSc2ncnc3ccccc23)C1. The van der Waals surface area contributed by atoms with Crippen LogP contribution < -0.4 is 5.73 Å². The molecule has 6 nitrogen and oxygen atoms in total. The highest BCUT2D eigenvalue weighted by Crippen LogP contribution is 2.25. The molecule has 1 aromatic heterocycles. The van der Waals surface area contributed by atoms with Gasteiger partial charge >= 0.3 is 0 Å². The number of hydrogen-bond donors (Lipinski definition) is 1. The van der Waals surface area contributed by atoms with Crippen molar-refractivity contribution in [3.8, 4) is 0 Å². The Morgan fingerprint density at radius 3 is 2.96 bits per heavy atom. The zero-order valence-corrected chi connectivity index (χ0v) is 13.5. The molecule has 1 aliphatic rings. The van der Waals surface area contributed by atoms with Gasteiger partial charge in [-0.2, -0.15) is 0 Å². The molecule has 0 spiro atoms. The van der Waals surface area contributed by atoms with Crippen molar-refractivity contribution in [1.29, 1.82) is 0 Å². The zero-order valence-electron chi connectivity index (χ0n) is 12.6. The first kappa shape index (κ1) is 15.7. The van der Waals surface area contributed by atoms with Crippen molar-refractivity contribution in [2.75, 3.05) is 18.8 Å². The van der Waals surface area contributed by atoms with Crippen LogP contribution in [0, 0.1) is 5.92 Å². The average Bonchev–Trinajstić information content (AvgIpc) is 2.59. The molecule has 2 amide bonds. The third kappa shape index (κ3) is 3.61. The molecule has 0 radical (unpaired) electrons. The number of nitrogens with two attached hydrogens (primary N) is 1. The Balaban J connectivity index is 1.65. The summed E-state index contributed by atoms with van der Waals surface area (Å²) in [4.78, 5) is 33.9. The standard InChI is InChI=1S/C16H18N4O2S/c17-15(22)11-4-3-7-20(8-11)14(21)9-23-16-12-5-1-2-6-13(12)18-10-19-16/h1-2,5-6,10-11H,3-4,7-9H2,(H2,17,22)/t11-/m0/s1. The van der Waals surface area contributed by atoms with E-state index in [4.69, 9.17) is 5.73 Å². The molecule has 2 aromatic rings. The first-order valence-electron chi connectivity index (χ1n) is 7.55. The number of rotatable bonds is 4. The van der Waals surface area contributed by atoms with E-state index in [1.54, 1.807) is 4.90 Å². The van der Waals surface area contributed by atoms with Crippen LogP contribution >= 0.6 is 11.8 Å². The van der Waals surface area contributed by atoms with E-state index in [1.165, 1.54) is 18.1 Å². The Labute approximate surface area is 138 Å². The fourth-order valence-corrected chi connectivity index (χ4v) is 3.64. The minimum Gasteiger partial charge on any atom is -0.369 e. The number of fused-ring (bicyclic) bond motifs is 1. The fourth-order valence-electron chi connectivity index (χ4n) is 2.75. The van der Waals surface area contributed by atoms with Crippen molar-refractivity contribution in [3.63, 3.8) is 0 Å². The van der Waals surface area contributed by atoms with Crippen LogP contribution in [0.4, 0.5) is 0 Å². The van der Waals surface area contributed by atoms with Crippen molar-refractivity contribution >= 4 is 34.5 Å². The number of benzene rings is 1. The molecule has 1 fully saturated rings. The molecular weight excluding hydrogens is 312 g/mol. The predicted molar refractivity (Wildman–Crippen MR) is 88.8 cm³/mol. The van der Waals surface area contributed by atoms with E-state index in [2.05, 4.69) is 9.97 Å². The monoisotopic (exact) mass is 330 g/mol. The van der Waals surface area contributed by atoms with E-state index in [-0.39, 0.29) is 17.7 Å². The maximum absolute atomic E-state index is 12.4. The highest BCUT2D eigenvalue weighted by atomic mass is 32.2. The Kier molecular flexibility index (Phi) is 4.76. The van der Waals surface area contributed by atoms with Crippen molar-refractivity contribution in [2.24, 2.45) is 11.7 Å². The normalized spacial score (nSPS) is 18.1. The van der Waals surface area contributed by atoms with Gasteiger partial charge in [0.25, 0.3) is 0 Å². The molecule has 1 aliphatic heterocycles. The number of nitrogens with zero attached hydrogens (tertiary/aromatic N) is 3. The highest BCUT2D eigenvalue weighted by Gasteiger charge is 2.26. The van der Waals surface area contributed by atoms with Gasteiger partial charge in [0.1, 0.15) is 11.4 Å². The van der Waals surface area contributed by atoms with Crippen LogP contribution in [0.3, 0.4) is 0 Å². The number of para-hydroxylation sites is 1. The third-order valence-electron chi connectivity index (χ3n) is 4.02. The van der Waals surface area contributed by atoms with Gasteiger partial charge in [0, 0.05) is 18.5 Å². The van der Waals surface area contributed by atoms with E-state index in [9.17, 15) is 9.59 Å². The fraction of sp³-hybridized carbons (Fsp3) is 0.375. The lowest BCUT2D eigenvalue weighted by molar-refractivity contribution is -0.132. The molecule has 120 valence electrons. The summed E-state index contributed by atoms with van der Waals surface area (Å²) >= 11 is 1.40. The summed E-state index contributed by atoms with van der Waals surface area (Å²) in [6.07, 6.45) is 3.10. The topological polar surface area (TPSA) is 89.2 Å². The molecule has 23 heavy (non-hydrogen) atoms. The van der Waals surface area contributed by atoms with Gasteiger partial charge in [-0.15, -0.1) is 0 Å². The van der Waals surface area contributed by atoms with Crippen LogP contribution in [-0.2, 0) is 9.59 Å². The molecule has 1 aromatic carbocycles. The molecule has 0 bridgehead atoms. The minimum absolute atomic E-state index is 0.0173. The lowest BCUT2D eigenvalue weighted by Crippen LogP contribution is -2.44. The van der Waals surface area contributed by atoms with E-state index in [0.717, 1.165) is 28.8 Å². The van der Waals surface area contributed by atoms with E-state index >= 15 is 0 Å². The molecule has 0 saturated carbocycles. The van der Waals surface area contributed by atoms with Crippen LogP contribution in [0.2, 0.25) is 0 Å². The largest absolute Gasteiger partial charge is 0.369 e. The molecule has 0 aliphatic carbocycles. The van der Waals surface area contributed by atoms with Crippen LogP contribution in [-0.4, -0.2) is 45.5 Å². The Bertz CT molecular complexity index is 732. The van der Waals surface area contributed by atoms with E-state index < -0.39 is 0 Å². The Morgan fingerprint density at radius 1 is 1.30 bits per heavy atom. The highest BCUT2D eigenvalue weighted by molar-refractivity contribution is 8.00. The van der Waals surface area contributed by atoms with Gasteiger partial charge < -0.3 is 10.6 Å². The molecule has 1 saturated heterocycles. The summed E-state index contributed by atoms with van der Waals surface area (Å²) in [5.74, 6) is -0.231. The minimum atomic E-state index is -0.322. The van der Waals surface area contributed by atoms with Gasteiger partial charge in [0.15, 0.2) is 0 Å². The summed E-state index contributed by atoms with van der Waals surface area (Å²) in [7, 11) is 0. The lowest BCUT2D eigenvalue weighted by atomic mass is 9.97. The van der Waals surface area contributed by atoms with Crippen LogP contribution in [0.15, 0.2) is 35.6 Å². The van der Waals surface area contributed by atoms with Gasteiger partial charge in [-0.1, -0.05) is 30.0 Å². The predicted octanol–water partition coefficient (Wildman–Crippen LogP) is 1.45. The molecule has 3 rings (SSSR count). The number of thioether (sulfide) groups is 1. The number of hydrogen-bond acceptors (Lipinski definition) is 5.